The molecule has 140 valence electrons. The van der Waals surface area contributed by atoms with Crippen LogP contribution in [0.3, 0.4) is 0 Å². The van der Waals surface area contributed by atoms with Gasteiger partial charge in [0.2, 0.25) is 0 Å². The highest BCUT2D eigenvalue weighted by Crippen LogP contribution is 2.19. The van der Waals surface area contributed by atoms with Crippen LogP contribution in [0.2, 0.25) is 0 Å². The third-order valence-electron chi connectivity index (χ3n) is 4.34. The van der Waals surface area contributed by atoms with Crippen molar-refractivity contribution in [2.75, 3.05) is 25.0 Å². The number of aromatic hydroxyl groups is 1. The molecule has 0 heterocycles. The Morgan fingerprint density at radius 2 is 1.73 bits per heavy atom. The number of aliphatic hydroxyl groups is 1. The van der Waals surface area contributed by atoms with E-state index in [9.17, 15) is 15.0 Å². The maximum absolute atomic E-state index is 10.7. The van der Waals surface area contributed by atoms with Crippen LogP contribution < -0.4 is 10.2 Å². The molecule has 26 heavy (non-hydrogen) atoms. The van der Waals surface area contributed by atoms with Gasteiger partial charge in [-0.3, -0.25) is 4.79 Å². The van der Waals surface area contributed by atoms with Crippen LogP contribution in [0.1, 0.15) is 24.2 Å². The second-order valence-corrected chi connectivity index (χ2v) is 6.45. The Bertz CT molecular complexity index is 701. The lowest BCUT2D eigenvalue weighted by atomic mass is 10.0. The number of carboxylic acids is 1. The molecule has 0 amide bonds. The van der Waals surface area contributed by atoms with Gasteiger partial charge in [-0.25, -0.2) is 0 Å². The number of carbonyl (C=O) groups is 1. The summed E-state index contributed by atoms with van der Waals surface area (Å²) in [6.45, 7) is 2.59. The summed E-state index contributed by atoms with van der Waals surface area (Å²) in [6.07, 6.45) is 0.151. The van der Waals surface area contributed by atoms with Crippen LogP contribution in [0.15, 0.2) is 48.5 Å². The number of benzene rings is 2. The highest BCUT2D eigenvalue weighted by atomic mass is 16.4. The van der Waals surface area contributed by atoms with Crippen molar-refractivity contribution in [3.05, 3.63) is 59.7 Å². The molecule has 2 aromatic carbocycles. The molecule has 0 saturated carbocycles. The molecule has 0 aliphatic carbocycles. The summed E-state index contributed by atoms with van der Waals surface area (Å²) in [6, 6.07) is 14.2. The van der Waals surface area contributed by atoms with E-state index < -0.39 is 12.1 Å². The predicted molar refractivity (Wildman–Crippen MR) is 102 cm³/mol. The molecule has 6 nitrogen and oxygen atoms in total. The van der Waals surface area contributed by atoms with E-state index in [0.29, 0.717) is 6.54 Å². The predicted octanol–water partition coefficient (Wildman–Crippen LogP) is 2.17. The van der Waals surface area contributed by atoms with Gasteiger partial charge in [0.15, 0.2) is 0 Å². The molecule has 2 rings (SSSR count). The van der Waals surface area contributed by atoms with E-state index in [1.807, 2.05) is 31.2 Å². The minimum absolute atomic E-state index is 0.0342. The number of rotatable bonds is 9. The lowest BCUT2D eigenvalue weighted by Gasteiger charge is -2.21. The Labute approximate surface area is 153 Å². The lowest BCUT2D eigenvalue weighted by molar-refractivity contribution is -0.135. The number of likely N-dealkylation sites (N-methyl/N-ethyl adjacent to an activating group) is 1. The van der Waals surface area contributed by atoms with Crippen molar-refractivity contribution in [1.29, 1.82) is 0 Å². The van der Waals surface area contributed by atoms with Crippen molar-refractivity contribution < 1.29 is 20.1 Å². The van der Waals surface area contributed by atoms with Gasteiger partial charge < -0.3 is 25.5 Å². The number of aliphatic hydroxyl groups excluding tert-OH is 1. The van der Waals surface area contributed by atoms with Crippen LogP contribution in [0.4, 0.5) is 5.69 Å². The Hall–Kier alpha value is -2.57. The Morgan fingerprint density at radius 3 is 2.31 bits per heavy atom. The van der Waals surface area contributed by atoms with Crippen LogP contribution in [0.25, 0.3) is 0 Å². The van der Waals surface area contributed by atoms with Crippen molar-refractivity contribution in [3.63, 3.8) is 0 Å². The molecule has 2 atom stereocenters. The van der Waals surface area contributed by atoms with Gasteiger partial charge in [-0.15, -0.1) is 0 Å². The fourth-order valence-electron chi connectivity index (χ4n) is 2.73. The smallest absolute Gasteiger partial charge is 0.323 e. The minimum Gasteiger partial charge on any atom is -0.508 e. The zero-order valence-electron chi connectivity index (χ0n) is 15.1. The molecule has 4 N–H and O–H groups in total. The van der Waals surface area contributed by atoms with Crippen LogP contribution in [-0.4, -0.2) is 47.5 Å². The van der Waals surface area contributed by atoms with Crippen LogP contribution >= 0.6 is 0 Å². The van der Waals surface area contributed by atoms with E-state index in [4.69, 9.17) is 5.11 Å². The van der Waals surface area contributed by atoms with E-state index in [0.717, 1.165) is 23.2 Å². The summed E-state index contributed by atoms with van der Waals surface area (Å²) in [5.74, 6) is -0.680. The van der Waals surface area contributed by atoms with E-state index >= 15 is 0 Å². The van der Waals surface area contributed by atoms with Crippen LogP contribution in [0.5, 0.6) is 5.75 Å². The first-order chi connectivity index (χ1) is 12.4. The van der Waals surface area contributed by atoms with Gasteiger partial charge in [0, 0.05) is 18.8 Å². The van der Waals surface area contributed by atoms with Gasteiger partial charge in [0.05, 0.1) is 6.10 Å². The molecule has 0 aliphatic heterocycles. The summed E-state index contributed by atoms with van der Waals surface area (Å²) in [5, 5.41) is 31.8. The van der Waals surface area contributed by atoms with Crippen molar-refractivity contribution in [2.24, 2.45) is 0 Å². The maximum Gasteiger partial charge on any atom is 0.323 e. The first-order valence-electron chi connectivity index (χ1n) is 8.59. The molecule has 0 aliphatic rings. The zero-order chi connectivity index (χ0) is 19.1. The SMILES string of the molecule is C[C@H](NCCc1ccc(N(C)CC(=O)O)cc1)[C@@H](O)c1ccc(O)cc1. The molecule has 0 spiro atoms. The van der Waals surface area contributed by atoms with E-state index in [1.165, 1.54) is 0 Å². The standard InChI is InChI=1S/C20H26N2O4/c1-14(20(26)16-5-9-18(23)10-6-16)21-12-11-15-3-7-17(8-4-15)22(2)13-19(24)25/h3-10,14,20-21,23,26H,11-13H2,1-2H3,(H,24,25)/t14-,20+/m0/s1. The van der Waals surface area contributed by atoms with Crippen LogP contribution in [-0.2, 0) is 11.2 Å². The van der Waals surface area contributed by atoms with Gasteiger partial charge in [0.25, 0.3) is 0 Å². The van der Waals surface area contributed by atoms with E-state index in [-0.39, 0.29) is 18.3 Å². The van der Waals surface area contributed by atoms with Gasteiger partial charge in [-0.05, 0) is 55.3 Å². The third kappa shape index (κ3) is 5.75. The molecule has 2 aromatic rings. The number of carboxylic acid groups (broad SMARTS) is 1. The third-order valence-corrected chi connectivity index (χ3v) is 4.34. The summed E-state index contributed by atoms with van der Waals surface area (Å²) in [5.41, 5.74) is 2.75. The number of aliphatic carboxylic acids is 1. The highest BCUT2D eigenvalue weighted by molar-refractivity contribution is 5.73. The van der Waals surface area contributed by atoms with Gasteiger partial charge in [0.1, 0.15) is 12.3 Å². The van der Waals surface area contributed by atoms with Crippen molar-refractivity contribution in [2.45, 2.75) is 25.5 Å². The number of hydrogen-bond acceptors (Lipinski definition) is 5. The quantitative estimate of drug-likeness (QED) is 0.549. The van der Waals surface area contributed by atoms with E-state index in [2.05, 4.69) is 5.32 Å². The molecule has 0 aromatic heterocycles. The van der Waals surface area contributed by atoms with Gasteiger partial charge in [-0.2, -0.15) is 0 Å². The summed E-state index contributed by atoms with van der Waals surface area (Å²) >= 11 is 0. The Kier molecular flexibility index (Phi) is 7.00. The molecular formula is C20H26N2O4. The molecule has 0 radical (unpaired) electrons. The molecule has 6 heteroatoms. The Morgan fingerprint density at radius 1 is 1.12 bits per heavy atom. The number of nitrogens with one attached hydrogen (secondary N) is 1. The first-order valence-corrected chi connectivity index (χ1v) is 8.59. The van der Waals surface area contributed by atoms with Crippen molar-refractivity contribution >= 4 is 11.7 Å². The maximum atomic E-state index is 10.7. The number of phenolic OH excluding ortho intramolecular Hbond substituents is 1. The topological polar surface area (TPSA) is 93.0 Å². The molecule has 0 bridgehead atoms. The van der Waals surface area contributed by atoms with E-state index in [1.54, 1.807) is 36.2 Å². The number of anilines is 1. The Balaban J connectivity index is 1.81. The molecule has 0 fully saturated rings. The van der Waals surface area contributed by atoms with Crippen molar-refractivity contribution in [3.8, 4) is 5.75 Å². The lowest BCUT2D eigenvalue weighted by Crippen LogP contribution is -2.33. The monoisotopic (exact) mass is 358 g/mol. The highest BCUT2D eigenvalue weighted by Gasteiger charge is 2.15. The zero-order valence-corrected chi connectivity index (χ0v) is 15.1. The summed E-state index contributed by atoms with van der Waals surface area (Å²) in [4.78, 5) is 12.4. The van der Waals surface area contributed by atoms with Gasteiger partial charge >= 0.3 is 5.97 Å². The fraction of sp³-hybridized carbons (Fsp3) is 0.350. The van der Waals surface area contributed by atoms with Gasteiger partial charge in [-0.1, -0.05) is 24.3 Å². The second-order valence-electron chi connectivity index (χ2n) is 6.45. The minimum atomic E-state index is -0.859. The fourth-order valence-corrected chi connectivity index (χ4v) is 2.73. The summed E-state index contributed by atoms with van der Waals surface area (Å²) in [7, 11) is 1.75. The second kappa shape index (κ2) is 9.22. The normalized spacial score (nSPS) is 13.2. The molecule has 0 unspecified atom stereocenters. The van der Waals surface area contributed by atoms with Crippen LogP contribution in [0, 0.1) is 0 Å². The average Bonchev–Trinajstić information content (AvgIpc) is 2.61. The molecule has 0 saturated heterocycles. The first kappa shape index (κ1) is 19.8. The number of nitrogens with zero attached hydrogens (tertiary/aromatic N) is 1. The average molecular weight is 358 g/mol. The molecular weight excluding hydrogens is 332 g/mol. The van der Waals surface area contributed by atoms with Crippen molar-refractivity contribution in [1.82, 2.24) is 5.32 Å². The number of phenols is 1. The number of hydrogen-bond donors (Lipinski definition) is 4. The summed E-state index contributed by atoms with van der Waals surface area (Å²) < 4.78 is 0. The largest absolute Gasteiger partial charge is 0.508 e.